The third-order valence-corrected chi connectivity index (χ3v) is 4.98. The second-order valence-electron chi connectivity index (χ2n) is 5.84. The molecule has 0 aromatic heterocycles. The molecule has 1 saturated heterocycles. The van der Waals surface area contributed by atoms with Crippen molar-refractivity contribution >= 4 is 40.6 Å². The molecule has 2 N–H and O–H groups in total. The zero-order valence-corrected chi connectivity index (χ0v) is 16.3. The molecule has 8 heteroatoms. The maximum absolute atomic E-state index is 12.3. The molecule has 0 bridgehead atoms. The molecule has 2 aromatic rings. The molecule has 28 heavy (non-hydrogen) atoms. The molecule has 1 amide bonds. The van der Waals surface area contributed by atoms with E-state index in [2.05, 4.69) is 10.3 Å². The summed E-state index contributed by atoms with van der Waals surface area (Å²) >= 11 is 1.15. The van der Waals surface area contributed by atoms with Crippen molar-refractivity contribution in [3.8, 4) is 11.5 Å². The van der Waals surface area contributed by atoms with Crippen LogP contribution in [0.2, 0.25) is 0 Å². The van der Waals surface area contributed by atoms with E-state index in [-0.39, 0.29) is 17.2 Å². The standard InChI is InChI=1S/C20H18N2O5S/c1-11-6-4-5-7-13(11)21-20-22-18(23)15(28-20)10-12-8-9-14(26-2)17(27-3)16(12)19(24)25/h4-10H,1-3H3,(H,24,25)(H,21,22,23)/b15-10+. The predicted octanol–water partition coefficient (Wildman–Crippen LogP) is 3.60. The highest BCUT2D eigenvalue weighted by Crippen LogP contribution is 2.36. The number of carbonyl (C=O) groups excluding carboxylic acids is 1. The normalized spacial score (nSPS) is 16.3. The summed E-state index contributed by atoms with van der Waals surface area (Å²) in [6.07, 6.45) is 1.51. The largest absolute Gasteiger partial charge is 0.493 e. The molecule has 0 saturated carbocycles. The van der Waals surface area contributed by atoms with Crippen molar-refractivity contribution in [3.63, 3.8) is 0 Å². The quantitative estimate of drug-likeness (QED) is 0.747. The second kappa shape index (κ2) is 8.18. The van der Waals surface area contributed by atoms with Crippen molar-refractivity contribution in [2.75, 3.05) is 14.2 Å². The first-order chi connectivity index (χ1) is 13.4. The molecule has 0 atom stereocenters. The van der Waals surface area contributed by atoms with E-state index in [9.17, 15) is 14.7 Å². The molecule has 0 aliphatic carbocycles. The number of methoxy groups -OCH3 is 2. The number of aryl methyl sites for hydroxylation is 1. The van der Waals surface area contributed by atoms with Gasteiger partial charge in [-0.2, -0.15) is 0 Å². The van der Waals surface area contributed by atoms with Crippen LogP contribution < -0.4 is 14.8 Å². The summed E-state index contributed by atoms with van der Waals surface area (Å²) < 4.78 is 10.4. The number of hydrogen-bond donors (Lipinski definition) is 2. The van der Waals surface area contributed by atoms with Crippen molar-refractivity contribution in [1.29, 1.82) is 0 Å². The number of hydrogen-bond acceptors (Lipinski definition) is 6. The molecule has 1 aliphatic rings. The summed E-state index contributed by atoms with van der Waals surface area (Å²) in [5, 5.41) is 12.8. The van der Waals surface area contributed by atoms with E-state index in [4.69, 9.17) is 9.47 Å². The van der Waals surface area contributed by atoms with Crippen LogP contribution in [-0.2, 0) is 4.79 Å². The summed E-state index contributed by atoms with van der Waals surface area (Å²) in [6, 6.07) is 10.7. The molecular weight excluding hydrogens is 380 g/mol. The number of amides is 1. The van der Waals surface area contributed by atoms with Gasteiger partial charge in [-0.1, -0.05) is 24.3 Å². The molecule has 0 spiro atoms. The van der Waals surface area contributed by atoms with Crippen LogP contribution >= 0.6 is 11.8 Å². The molecule has 3 rings (SSSR count). The third-order valence-electron chi connectivity index (χ3n) is 4.07. The predicted molar refractivity (Wildman–Crippen MR) is 108 cm³/mol. The lowest BCUT2D eigenvalue weighted by Crippen LogP contribution is -2.19. The van der Waals surface area contributed by atoms with Gasteiger partial charge in [0.05, 0.1) is 24.8 Å². The number of carboxylic acid groups (broad SMARTS) is 1. The molecule has 2 aromatic carbocycles. The fourth-order valence-electron chi connectivity index (χ4n) is 2.70. The number of aliphatic imine (C=N–C) groups is 1. The van der Waals surface area contributed by atoms with Gasteiger partial charge in [0, 0.05) is 0 Å². The zero-order valence-electron chi connectivity index (χ0n) is 15.5. The Labute approximate surface area is 166 Å². The monoisotopic (exact) mass is 398 g/mol. The molecule has 1 heterocycles. The van der Waals surface area contributed by atoms with Crippen LogP contribution in [-0.4, -0.2) is 36.4 Å². The molecule has 0 radical (unpaired) electrons. The summed E-state index contributed by atoms with van der Waals surface area (Å²) in [5.41, 5.74) is 1.99. The molecular formula is C20H18N2O5S. The maximum atomic E-state index is 12.3. The fraction of sp³-hybridized carbons (Fsp3) is 0.150. The van der Waals surface area contributed by atoms with Crippen LogP contribution in [0, 0.1) is 6.92 Å². The van der Waals surface area contributed by atoms with E-state index in [0.717, 1.165) is 23.0 Å². The summed E-state index contributed by atoms with van der Waals surface area (Å²) in [4.78, 5) is 28.9. The highest BCUT2D eigenvalue weighted by Gasteiger charge is 2.26. The number of amidine groups is 1. The first kappa shape index (κ1) is 19.5. The number of aromatic carboxylic acids is 1. The Hall–Kier alpha value is -3.26. The van der Waals surface area contributed by atoms with E-state index in [1.165, 1.54) is 20.3 Å². The van der Waals surface area contributed by atoms with Gasteiger partial charge in [-0.3, -0.25) is 4.79 Å². The van der Waals surface area contributed by atoms with Gasteiger partial charge in [0.2, 0.25) is 0 Å². The van der Waals surface area contributed by atoms with Crippen LogP contribution in [0.5, 0.6) is 11.5 Å². The first-order valence-electron chi connectivity index (χ1n) is 8.28. The Morgan fingerprint density at radius 3 is 2.57 bits per heavy atom. The number of nitrogens with one attached hydrogen (secondary N) is 1. The average Bonchev–Trinajstić information content (AvgIpc) is 3.01. The van der Waals surface area contributed by atoms with Gasteiger partial charge in [0.1, 0.15) is 5.56 Å². The Kier molecular flexibility index (Phi) is 5.70. The minimum Gasteiger partial charge on any atom is -0.493 e. The number of para-hydroxylation sites is 1. The highest BCUT2D eigenvalue weighted by molar-refractivity contribution is 8.18. The number of ether oxygens (including phenoxy) is 2. The number of nitrogens with zero attached hydrogens (tertiary/aromatic N) is 1. The lowest BCUT2D eigenvalue weighted by Gasteiger charge is -2.12. The number of thioether (sulfide) groups is 1. The van der Waals surface area contributed by atoms with Gasteiger partial charge < -0.3 is 19.9 Å². The summed E-state index contributed by atoms with van der Waals surface area (Å²) in [6.45, 7) is 1.93. The van der Waals surface area contributed by atoms with E-state index in [1.54, 1.807) is 12.1 Å². The third kappa shape index (κ3) is 3.86. The molecule has 0 unspecified atom stereocenters. The van der Waals surface area contributed by atoms with E-state index < -0.39 is 5.97 Å². The van der Waals surface area contributed by atoms with Crippen molar-refractivity contribution < 1.29 is 24.2 Å². The van der Waals surface area contributed by atoms with Gasteiger partial charge in [0.25, 0.3) is 5.91 Å². The minimum absolute atomic E-state index is 0.0768. The SMILES string of the molecule is COc1ccc(/C=C2/SC(=Nc3ccccc3C)NC2=O)c(C(=O)O)c1OC. The van der Waals surface area contributed by atoms with Crippen LogP contribution in [0.4, 0.5) is 5.69 Å². The lowest BCUT2D eigenvalue weighted by atomic mass is 10.0. The van der Waals surface area contributed by atoms with E-state index in [1.807, 2.05) is 31.2 Å². The first-order valence-corrected chi connectivity index (χ1v) is 9.09. The number of carbonyl (C=O) groups is 2. The Morgan fingerprint density at radius 2 is 1.93 bits per heavy atom. The van der Waals surface area contributed by atoms with Crippen molar-refractivity contribution in [3.05, 3.63) is 58.0 Å². The van der Waals surface area contributed by atoms with Crippen LogP contribution in [0.25, 0.3) is 6.08 Å². The van der Waals surface area contributed by atoms with Gasteiger partial charge in [0.15, 0.2) is 16.7 Å². The second-order valence-corrected chi connectivity index (χ2v) is 6.87. The molecule has 1 fully saturated rings. The van der Waals surface area contributed by atoms with Gasteiger partial charge in [-0.25, -0.2) is 9.79 Å². The van der Waals surface area contributed by atoms with Crippen molar-refractivity contribution in [2.24, 2.45) is 4.99 Å². The fourth-order valence-corrected chi connectivity index (χ4v) is 3.53. The van der Waals surface area contributed by atoms with Crippen LogP contribution in [0.3, 0.4) is 0 Å². The summed E-state index contributed by atoms with van der Waals surface area (Å²) in [5.74, 6) is -1.13. The Balaban J connectivity index is 1.99. The molecule has 1 aliphatic heterocycles. The van der Waals surface area contributed by atoms with Gasteiger partial charge >= 0.3 is 5.97 Å². The minimum atomic E-state index is -1.18. The van der Waals surface area contributed by atoms with Crippen LogP contribution in [0.1, 0.15) is 21.5 Å². The van der Waals surface area contributed by atoms with Gasteiger partial charge in [-0.05, 0) is 48.0 Å². The van der Waals surface area contributed by atoms with Crippen LogP contribution in [0.15, 0.2) is 46.3 Å². The average molecular weight is 398 g/mol. The van der Waals surface area contributed by atoms with E-state index in [0.29, 0.717) is 21.4 Å². The lowest BCUT2D eigenvalue weighted by molar-refractivity contribution is -0.115. The Morgan fingerprint density at radius 1 is 1.18 bits per heavy atom. The Bertz CT molecular complexity index is 1010. The van der Waals surface area contributed by atoms with Crippen molar-refractivity contribution in [1.82, 2.24) is 5.32 Å². The number of carboxylic acids is 1. The maximum Gasteiger partial charge on any atom is 0.340 e. The van der Waals surface area contributed by atoms with E-state index >= 15 is 0 Å². The topological polar surface area (TPSA) is 97.2 Å². The molecule has 7 nitrogen and oxygen atoms in total. The highest BCUT2D eigenvalue weighted by atomic mass is 32.2. The van der Waals surface area contributed by atoms with Gasteiger partial charge in [-0.15, -0.1) is 0 Å². The molecule has 144 valence electrons. The number of rotatable bonds is 5. The smallest absolute Gasteiger partial charge is 0.340 e. The number of benzene rings is 2. The zero-order chi connectivity index (χ0) is 20.3. The summed E-state index contributed by atoms with van der Waals surface area (Å²) in [7, 11) is 2.79. The van der Waals surface area contributed by atoms with Crippen molar-refractivity contribution in [2.45, 2.75) is 6.92 Å².